The van der Waals surface area contributed by atoms with Crippen LogP contribution in [-0.2, 0) is 23.9 Å². The normalized spacial score (nSPS) is 24.7. The van der Waals surface area contributed by atoms with Crippen LogP contribution in [0.25, 0.3) is 5.69 Å². The molecule has 30 heavy (non-hydrogen) atoms. The highest BCUT2D eigenvalue weighted by Gasteiger charge is 2.53. The number of aryl methyl sites for hydroxylation is 1. The molecule has 1 aromatic carbocycles. The summed E-state index contributed by atoms with van der Waals surface area (Å²) in [6, 6.07) is 14.8. The molecule has 2 aromatic heterocycles. The van der Waals surface area contributed by atoms with Gasteiger partial charge in [-0.25, -0.2) is 0 Å². The first kappa shape index (κ1) is 18.6. The maximum absolute atomic E-state index is 6.61. The molecule has 0 bridgehead atoms. The second kappa shape index (κ2) is 6.64. The monoisotopic (exact) mass is 422 g/mol. The van der Waals surface area contributed by atoms with Crippen LogP contribution in [0, 0.1) is 0 Å². The average molecular weight is 423 g/mol. The smallest absolute Gasteiger partial charge is 0.104 e. The number of rotatable bonds is 2. The van der Waals surface area contributed by atoms with Crippen molar-refractivity contribution in [2.45, 2.75) is 36.9 Å². The topological polar surface area (TPSA) is 34.4 Å². The number of nitrogens with one attached hydrogen (secondary N) is 1. The number of anilines is 1. The number of halogens is 1. The lowest BCUT2D eigenvalue weighted by Gasteiger charge is -2.41. The van der Waals surface area contributed by atoms with Gasteiger partial charge in [-0.2, -0.15) is 0 Å². The number of piperidine rings is 1. The van der Waals surface area contributed by atoms with Crippen molar-refractivity contribution in [3.63, 3.8) is 0 Å². The van der Waals surface area contributed by atoms with E-state index in [4.69, 9.17) is 16.3 Å². The third kappa shape index (κ3) is 2.83. The maximum atomic E-state index is 6.61. The summed E-state index contributed by atoms with van der Waals surface area (Å²) in [7, 11) is 2.12. The highest BCUT2D eigenvalue weighted by atomic mass is 35.5. The van der Waals surface area contributed by atoms with Crippen LogP contribution in [0.1, 0.15) is 30.7 Å². The Bertz CT molecular complexity index is 1090. The first-order valence-electron chi connectivity index (χ1n) is 10.8. The number of aromatic nitrogens is 2. The van der Waals surface area contributed by atoms with Crippen LogP contribution in [0.2, 0.25) is 5.02 Å². The van der Waals surface area contributed by atoms with Crippen LogP contribution >= 0.6 is 11.6 Å². The maximum Gasteiger partial charge on any atom is 0.104 e. The van der Waals surface area contributed by atoms with Crippen molar-refractivity contribution in [3.8, 4) is 5.69 Å². The van der Waals surface area contributed by atoms with Crippen molar-refractivity contribution < 1.29 is 4.74 Å². The summed E-state index contributed by atoms with van der Waals surface area (Å²) >= 11 is 6.31. The molecular formula is C24H27ClN4O. The third-order valence-electron chi connectivity index (χ3n) is 7.28. The number of nitrogens with zero attached hydrogens (tertiary/aromatic N) is 3. The minimum Gasteiger partial charge on any atom is -0.372 e. The van der Waals surface area contributed by atoms with Crippen LogP contribution in [0.5, 0.6) is 0 Å². The standard InChI is InChI=1S/C24H27ClN4O/c1-27-10-2-4-19(27)15-28-12-8-23(9-13-28)16-24(17-30-23)22-5-3-11-29(22)21-7-6-18(25)14-20(21)26-24/h2-7,10-11,14,26H,8-9,12-13,15-17H2,1H3/t24-/m1/s1. The van der Waals surface area contributed by atoms with Crippen LogP contribution in [-0.4, -0.2) is 39.3 Å². The van der Waals surface area contributed by atoms with Crippen molar-refractivity contribution in [3.05, 3.63) is 71.3 Å². The van der Waals surface area contributed by atoms with Crippen molar-refractivity contribution >= 4 is 17.3 Å². The molecule has 1 atom stereocenters. The van der Waals surface area contributed by atoms with Crippen LogP contribution in [0.3, 0.4) is 0 Å². The van der Waals surface area contributed by atoms with E-state index in [1.807, 2.05) is 12.1 Å². The van der Waals surface area contributed by atoms with Gasteiger partial charge in [-0.05, 0) is 55.3 Å². The Morgan fingerprint density at radius 3 is 2.73 bits per heavy atom. The fraction of sp³-hybridized carbons (Fsp3) is 0.417. The summed E-state index contributed by atoms with van der Waals surface area (Å²) < 4.78 is 11.1. The van der Waals surface area contributed by atoms with Gasteiger partial charge in [0.05, 0.1) is 29.3 Å². The number of hydrogen-bond donors (Lipinski definition) is 1. The van der Waals surface area contributed by atoms with E-state index >= 15 is 0 Å². The molecule has 2 saturated heterocycles. The van der Waals surface area contributed by atoms with Crippen molar-refractivity contribution in [1.29, 1.82) is 0 Å². The summed E-state index contributed by atoms with van der Waals surface area (Å²) in [6.07, 6.45) is 7.42. The molecule has 6 heteroatoms. The zero-order chi connectivity index (χ0) is 20.3. The molecular weight excluding hydrogens is 396 g/mol. The van der Waals surface area contributed by atoms with Gasteiger partial charge in [-0.3, -0.25) is 4.90 Å². The van der Waals surface area contributed by atoms with Gasteiger partial charge in [0, 0.05) is 56.2 Å². The Kier molecular flexibility index (Phi) is 4.11. The summed E-state index contributed by atoms with van der Waals surface area (Å²) in [5.41, 5.74) is 4.66. The van der Waals surface area contributed by atoms with E-state index < -0.39 is 0 Å². The summed E-state index contributed by atoms with van der Waals surface area (Å²) in [6.45, 7) is 3.86. The number of likely N-dealkylation sites (tertiary alicyclic amines) is 1. The third-order valence-corrected chi connectivity index (χ3v) is 7.52. The van der Waals surface area contributed by atoms with Gasteiger partial charge in [-0.1, -0.05) is 11.6 Å². The second-order valence-electron chi connectivity index (χ2n) is 9.17. The van der Waals surface area contributed by atoms with Gasteiger partial charge in [-0.15, -0.1) is 0 Å². The molecule has 0 amide bonds. The summed E-state index contributed by atoms with van der Waals surface area (Å²) in [5, 5.41) is 4.59. The van der Waals surface area contributed by atoms with Crippen LogP contribution in [0.4, 0.5) is 5.69 Å². The first-order valence-corrected chi connectivity index (χ1v) is 11.2. The van der Waals surface area contributed by atoms with Crippen molar-refractivity contribution in [2.24, 2.45) is 7.05 Å². The van der Waals surface area contributed by atoms with Gasteiger partial charge < -0.3 is 19.2 Å². The van der Waals surface area contributed by atoms with Crippen molar-refractivity contribution in [1.82, 2.24) is 14.0 Å². The van der Waals surface area contributed by atoms with E-state index in [2.05, 4.69) is 69.1 Å². The second-order valence-corrected chi connectivity index (χ2v) is 9.60. The van der Waals surface area contributed by atoms with Gasteiger partial charge >= 0.3 is 0 Å². The highest BCUT2D eigenvalue weighted by Crippen LogP contribution is 2.50. The predicted octanol–water partition coefficient (Wildman–Crippen LogP) is 4.55. The Balaban J connectivity index is 1.23. The Hall–Kier alpha value is -2.21. The number of ether oxygens (including phenoxy) is 1. The number of fused-ring (bicyclic) bond motifs is 4. The van der Waals surface area contributed by atoms with Gasteiger partial charge in [0.15, 0.2) is 0 Å². The average Bonchev–Trinajstić information content (AvgIpc) is 3.45. The van der Waals surface area contributed by atoms with E-state index in [9.17, 15) is 0 Å². The van der Waals surface area contributed by atoms with Crippen LogP contribution < -0.4 is 5.32 Å². The molecule has 0 radical (unpaired) electrons. The summed E-state index contributed by atoms with van der Waals surface area (Å²) in [5.74, 6) is 0. The molecule has 0 aliphatic carbocycles. The molecule has 5 nitrogen and oxygen atoms in total. The molecule has 3 aliphatic rings. The molecule has 6 rings (SSSR count). The minimum absolute atomic E-state index is 0.0527. The zero-order valence-corrected chi connectivity index (χ0v) is 18.0. The van der Waals surface area contributed by atoms with E-state index in [0.717, 1.165) is 55.3 Å². The largest absolute Gasteiger partial charge is 0.372 e. The Morgan fingerprint density at radius 1 is 1.10 bits per heavy atom. The first-order chi connectivity index (χ1) is 14.6. The minimum atomic E-state index is -0.193. The fourth-order valence-electron chi connectivity index (χ4n) is 5.62. The summed E-state index contributed by atoms with van der Waals surface area (Å²) in [4.78, 5) is 2.56. The van der Waals surface area contributed by atoms with E-state index in [0.29, 0.717) is 6.61 Å². The molecule has 3 aromatic rings. The molecule has 2 fully saturated rings. The molecule has 0 unspecified atom stereocenters. The molecule has 0 saturated carbocycles. The zero-order valence-electron chi connectivity index (χ0n) is 17.3. The lowest BCUT2D eigenvalue weighted by molar-refractivity contribution is -0.0454. The van der Waals surface area contributed by atoms with E-state index in [1.165, 1.54) is 11.4 Å². The molecule has 1 N–H and O–H groups in total. The molecule has 3 aliphatic heterocycles. The lowest BCUT2D eigenvalue weighted by atomic mass is 9.79. The molecule has 156 valence electrons. The fourth-order valence-corrected chi connectivity index (χ4v) is 5.80. The van der Waals surface area contributed by atoms with E-state index in [-0.39, 0.29) is 11.1 Å². The lowest BCUT2D eigenvalue weighted by Crippen LogP contribution is -2.46. The van der Waals surface area contributed by atoms with Gasteiger partial charge in [0.2, 0.25) is 0 Å². The van der Waals surface area contributed by atoms with E-state index in [1.54, 1.807) is 0 Å². The van der Waals surface area contributed by atoms with Crippen molar-refractivity contribution in [2.75, 3.05) is 25.0 Å². The van der Waals surface area contributed by atoms with Crippen LogP contribution in [0.15, 0.2) is 54.9 Å². The molecule has 5 heterocycles. The number of benzene rings is 1. The number of hydrogen-bond acceptors (Lipinski definition) is 3. The van der Waals surface area contributed by atoms with Gasteiger partial charge in [0.1, 0.15) is 5.54 Å². The predicted molar refractivity (Wildman–Crippen MR) is 119 cm³/mol. The SMILES string of the molecule is Cn1cccc1CN1CCC2(CC1)C[C@]1(CO2)Nc2cc(Cl)ccc2-n2cccc21. The Morgan fingerprint density at radius 2 is 1.93 bits per heavy atom. The Labute approximate surface area is 182 Å². The molecule has 2 spiro atoms. The highest BCUT2D eigenvalue weighted by molar-refractivity contribution is 6.31. The quantitative estimate of drug-likeness (QED) is 0.658. The van der Waals surface area contributed by atoms with Gasteiger partial charge in [0.25, 0.3) is 0 Å².